The maximum absolute atomic E-state index is 13.3. The molecule has 0 radical (unpaired) electrons. The van der Waals surface area contributed by atoms with Crippen LogP contribution in [0.5, 0.6) is 0 Å². The van der Waals surface area contributed by atoms with Gasteiger partial charge in [0.25, 0.3) is 0 Å². The number of nitrogen functional groups attached to an aromatic ring is 1. The van der Waals surface area contributed by atoms with E-state index in [0.717, 1.165) is 13.1 Å². The second-order valence-electron chi connectivity index (χ2n) is 6.10. The van der Waals surface area contributed by atoms with Crippen molar-refractivity contribution in [3.63, 3.8) is 0 Å². The number of anilines is 1. The van der Waals surface area contributed by atoms with E-state index >= 15 is 0 Å². The van der Waals surface area contributed by atoms with Crippen LogP contribution in [-0.4, -0.2) is 29.6 Å². The van der Waals surface area contributed by atoms with Crippen LogP contribution < -0.4 is 5.73 Å². The van der Waals surface area contributed by atoms with Gasteiger partial charge in [-0.15, -0.1) is 11.8 Å². The van der Waals surface area contributed by atoms with Crippen molar-refractivity contribution in [3.8, 4) is 0 Å². The van der Waals surface area contributed by atoms with Gasteiger partial charge in [-0.25, -0.2) is 4.39 Å². The number of nitrogens with zero attached hydrogens (tertiary/aromatic N) is 1. The summed E-state index contributed by atoms with van der Waals surface area (Å²) >= 11 is 1.33. The summed E-state index contributed by atoms with van der Waals surface area (Å²) in [6, 6.07) is 4.37. The highest BCUT2D eigenvalue weighted by molar-refractivity contribution is 8.00. The lowest BCUT2D eigenvalue weighted by atomic mass is 10.1. The van der Waals surface area contributed by atoms with Crippen molar-refractivity contribution in [2.75, 3.05) is 24.6 Å². The van der Waals surface area contributed by atoms with Gasteiger partial charge in [-0.1, -0.05) is 27.7 Å². The highest BCUT2D eigenvalue weighted by Gasteiger charge is 2.16. The molecule has 0 fully saturated rings. The molecule has 0 saturated carbocycles. The largest absolute Gasteiger partial charge is 0.399 e. The molecule has 1 aromatic rings. The van der Waals surface area contributed by atoms with Crippen molar-refractivity contribution in [1.82, 2.24) is 4.90 Å². The van der Waals surface area contributed by atoms with E-state index < -0.39 is 0 Å². The van der Waals surface area contributed by atoms with Gasteiger partial charge in [0.1, 0.15) is 5.82 Å². The van der Waals surface area contributed by atoms with Crippen molar-refractivity contribution in [2.45, 2.75) is 32.6 Å². The van der Waals surface area contributed by atoms with Crippen LogP contribution in [0.25, 0.3) is 0 Å². The number of hydrogen-bond donors (Lipinski definition) is 1. The van der Waals surface area contributed by atoms with Crippen LogP contribution in [-0.2, 0) is 4.79 Å². The van der Waals surface area contributed by atoms with Crippen LogP contribution in [0.1, 0.15) is 27.7 Å². The zero-order valence-electron chi connectivity index (χ0n) is 13.2. The Morgan fingerprint density at radius 1 is 1.19 bits per heavy atom. The van der Waals surface area contributed by atoms with Gasteiger partial charge in [0.15, 0.2) is 0 Å². The third kappa shape index (κ3) is 6.85. The van der Waals surface area contributed by atoms with Crippen LogP contribution in [0.15, 0.2) is 23.1 Å². The van der Waals surface area contributed by atoms with Gasteiger partial charge in [0.05, 0.1) is 5.75 Å². The molecular weight excluding hydrogens is 287 g/mol. The highest BCUT2D eigenvalue weighted by atomic mass is 32.2. The number of benzene rings is 1. The van der Waals surface area contributed by atoms with Crippen LogP contribution in [0.4, 0.5) is 10.1 Å². The summed E-state index contributed by atoms with van der Waals surface area (Å²) < 4.78 is 13.3. The molecular formula is C16H25FN2OS. The quantitative estimate of drug-likeness (QED) is 0.617. The third-order valence-corrected chi connectivity index (χ3v) is 3.74. The number of thioether (sulfide) groups is 1. The lowest BCUT2D eigenvalue weighted by molar-refractivity contribution is -0.129. The molecule has 0 unspecified atom stereocenters. The fraction of sp³-hybridized carbons (Fsp3) is 0.562. The Labute approximate surface area is 131 Å². The van der Waals surface area contributed by atoms with Crippen LogP contribution in [0, 0.1) is 17.7 Å². The molecule has 1 aromatic carbocycles. The molecule has 5 heteroatoms. The molecule has 1 rings (SSSR count). The molecule has 0 aliphatic heterocycles. The smallest absolute Gasteiger partial charge is 0.232 e. The van der Waals surface area contributed by atoms with Crippen molar-refractivity contribution >= 4 is 23.4 Å². The molecule has 0 aromatic heterocycles. The van der Waals surface area contributed by atoms with E-state index in [1.165, 1.54) is 23.9 Å². The molecule has 0 bridgehead atoms. The first-order valence-electron chi connectivity index (χ1n) is 7.24. The van der Waals surface area contributed by atoms with Gasteiger partial charge in [0, 0.05) is 23.7 Å². The lowest BCUT2D eigenvalue weighted by Crippen LogP contribution is -2.38. The first-order valence-corrected chi connectivity index (χ1v) is 8.23. The fourth-order valence-electron chi connectivity index (χ4n) is 2.06. The Morgan fingerprint density at radius 2 is 1.76 bits per heavy atom. The summed E-state index contributed by atoms with van der Waals surface area (Å²) in [6.07, 6.45) is 0. The summed E-state index contributed by atoms with van der Waals surface area (Å²) in [4.78, 5) is 14.9. The summed E-state index contributed by atoms with van der Waals surface area (Å²) in [5.74, 6) is 0.893. The van der Waals surface area contributed by atoms with E-state index in [4.69, 9.17) is 5.73 Å². The Morgan fingerprint density at radius 3 is 2.24 bits per heavy atom. The highest BCUT2D eigenvalue weighted by Crippen LogP contribution is 2.22. The minimum Gasteiger partial charge on any atom is -0.399 e. The van der Waals surface area contributed by atoms with Gasteiger partial charge < -0.3 is 10.6 Å². The van der Waals surface area contributed by atoms with Gasteiger partial charge in [-0.3, -0.25) is 4.79 Å². The van der Waals surface area contributed by atoms with Crippen molar-refractivity contribution < 1.29 is 9.18 Å². The van der Waals surface area contributed by atoms with Gasteiger partial charge in [0.2, 0.25) is 5.91 Å². The third-order valence-electron chi connectivity index (χ3n) is 2.78. The maximum Gasteiger partial charge on any atom is 0.232 e. The van der Waals surface area contributed by atoms with Gasteiger partial charge in [-0.2, -0.15) is 0 Å². The number of rotatable bonds is 7. The Kier molecular flexibility index (Phi) is 7.02. The standard InChI is InChI=1S/C16H25FN2OS/c1-11(2)8-19(9-12(3)4)16(20)10-21-15-6-13(17)5-14(18)7-15/h5-7,11-12H,8-10,18H2,1-4H3. The van der Waals surface area contributed by atoms with E-state index in [1.807, 2.05) is 4.90 Å². The van der Waals surface area contributed by atoms with Gasteiger partial charge in [-0.05, 0) is 30.0 Å². The van der Waals surface area contributed by atoms with E-state index in [-0.39, 0.29) is 11.7 Å². The molecule has 0 aliphatic rings. The number of carbonyl (C=O) groups excluding carboxylic acids is 1. The van der Waals surface area contributed by atoms with E-state index in [2.05, 4.69) is 27.7 Å². The van der Waals surface area contributed by atoms with Crippen LogP contribution in [0.3, 0.4) is 0 Å². The Bertz CT molecular complexity index is 447. The van der Waals surface area contributed by atoms with Crippen molar-refractivity contribution in [2.24, 2.45) is 11.8 Å². The Hall–Kier alpha value is -1.23. The average Bonchev–Trinajstić information content (AvgIpc) is 2.32. The first-order chi connectivity index (χ1) is 9.77. The molecule has 0 aliphatic carbocycles. The molecule has 0 spiro atoms. The van der Waals surface area contributed by atoms with E-state index in [0.29, 0.717) is 28.2 Å². The number of hydrogen-bond acceptors (Lipinski definition) is 3. The Balaban J connectivity index is 2.63. The number of amides is 1. The van der Waals surface area contributed by atoms with E-state index in [1.54, 1.807) is 6.07 Å². The van der Waals surface area contributed by atoms with Crippen LogP contribution in [0.2, 0.25) is 0 Å². The normalized spacial score (nSPS) is 11.2. The summed E-state index contributed by atoms with van der Waals surface area (Å²) in [7, 11) is 0. The van der Waals surface area contributed by atoms with Crippen molar-refractivity contribution in [1.29, 1.82) is 0 Å². The van der Waals surface area contributed by atoms with Gasteiger partial charge >= 0.3 is 0 Å². The predicted molar refractivity (Wildman–Crippen MR) is 87.8 cm³/mol. The van der Waals surface area contributed by atoms with E-state index in [9.17, 15) is 9.18 Å². The molecule has 1 amide bonds. The SMILES string of the molecule is CC(C)CN(CC(C)C)C(=O)CSc1cc(N)cc(F)c1. The maximum atomic E-state index is 13.3. The monoisotopic (exact) mass is 312 g/mol. The van der Waals surface area contributed by atoms with Crippen molar-refractivity contribution in [3.05, 3.63) is 24.0 Å². The molecule has 0 atom stereocenters. The molecule has 3 nitrogen and oxygen atoms in total. The minimum atomic E-state index is -0.369. The minimum absolute atomic E-state index is 0.0882. The summed E-state index contributed by atoms with van der Waals surface area (Å²) in [5.41, 5.74) is 5.99. The predicted octanol–water partition coefficient (Wildman–Crippen LogP) is 3.64. The second-order valence-corrected chi connectivity index (χ2v) is 7.14. The lowest BCUT2D eigenvalue weighted by Gasteiger charge is -2.26. The number of carbonyl (C=O) groups is 1. The summed E-state index contributed by atoms with van der Waals surface area (Å²) in [6.45, 7) is 9.90. The summed E-state index contributed by atoms with van der Waals surface area (Å²) in [5, 5.41) is 0. The molecule has 21 heavy (non-hydrogen) atoms. The average molecular weight is 312 g/mol. The zero-order chi connectivity index (χ0) is 16.0. The number of nitrogens with two attached hydrogens (primary N) is 1. The molecule has 2 N–H and O–H groups in total. The number of halogens is 1. The fourth-order valence-corrected chi connectivity index (χ4v) is 2.95. The molecule has 0 heterocycles. The molecule has 0 saturated heterocycles. The molecule has 118 valence electrons. The van der Waals surface area contributed by atoms with Crippen LogP contribution >= 0.6 is 11.8 Å². The zero-order valence-corrected chi connectivity index (χ0v) is 14.0. The topological polar surface area (TPSA) is 46.3 Å². The first kappa shape index (κ1) is 17.8. The second kappa shape index (κ2) is 8.27.